The number of carbonyl (C=O) groups is 2. The summed E-state index contributed by atoms with van der Waals surface area (Å²) in [5, 5.41) is 10.4. The van der Waals surface area contributed by atoms with Gasteiger partial charge < -0.3 is 5.11 Å². The fourth-order valence-electron chi connectivity index (χ4n) is 3.04. The Hall–Kier alpha value is -2.62. The van der Waals surface area contributed by atoms with E-state index in [0.29, 0.717) is 28.5 Å². The van der Waals surface area contributed by atoms with Crippen molar-refractivity contribution < 1.29 is 14.7 Å². The number of hydrogen-bond donors (Lipinski definition) is 1. The normalized spacial score (nSPS) is 10.6. The summed E-state index contributed by atoms with van der Waals surface area (Å²) in [6.45, 7) is 0. The maximum Gasteiger partial charge on any atom is 0.335 e. The molecule has 0 aliphatic carbocycles. The summed E-state index contributed by atoms with van der Waals surface area (Å²) in [4.78, 5) is 24.1. The standard InChI is InChI=1S/C23H18Cl2O3/c24-21-11-7-15(12-22(21)25)6-9-19(26)14-18-13-17(8-10-20(18)23(27)28)16-4-2-1-3-5-16/h1-5,7-8,10-13H,6,9,14H2,(H,27,28). The number of hydrogen-bond acceptors (Lipinski definition) is 2. The number of rotatable bonds is 7. The number of ketones is 1. The summed E-state index contributed by atoms with van der Waals surface area (Å²) >= 11 is 11.9. The molecule has 0 saturated carbocycles. The molecule has 0 saturated heterocycles. The van der Waals surface area contributed by atoms with Crippen molar-refractivity contribution in [2.45, 2.75) is 19.3 Å². The van der Waals surface area contributed by atoms with Gasteiger partial charge in [-0.3, -0.25) is 4.79 Å². The molecule has 0 aliphatic heterocycles. The Morgan fingerprint density at radius 1 is 0.821 bits per heavy atom. The van der Waals surface area contributed by atoms with Crippen molar-refractivity contribution in [1.29, 1.82) is 0 Å². The van der Waals surface area contributed by atoms with Gasteiger partial charge in [-0.1, -0.05) is 65.7 Å². The molecule has 0 fully saturated rings. The maximum atomic E-state index is 12.5. The number of carboxylic acid groups (broad SMARTS) is 1. The molecule has 0 atom stereocenters. The Bertz CT molecular complexity index is 1010. The van der Waals surface area contributed by atoms with Crippen molar-refractivity contribution in [3.63, 3.8) is 0 Å². The second-order valence-corrected chi connectivity index (χ2v) is 7.32. The molecule has 0 radical (unpaired) electrons. The molecule has 3 aromatic rings. The zero-order valence-electron chi connectivity index (χ0n) is 15.0. The first kappa shape index (κ1) is 20.1. The lowest BCUT2D eigenvalue weighted by atomic mass is 9.94. The van der Waals surface area contributed by atoms with Gasteiger partial charge in [0.2, 0.25) is 0 Å². The summed E-state index contributed by atoms with van der Waals surface area (Å²) in [5.41, 5.74) is 3.46. The van der Waals surface area contributed by atoms with E-state index in [9.17, 15) is 14.7 Å². The van der Waals surface area contributed by atoms with Crippen LogP contribution in [-0.2, 0) is 17.6 Å². The molecule has 0 spiro atoms. The number of benzene rings is 3. The predicted molar refractivity (Wildman–Crippen MR) is 112 cm³/mol. The van der Waals surface area contributed by atoms with Gasteiger partial charge in [-0.05, 0) is 52.9 Å². The average Bonchev–Trinajstić information content (AvgIpc) is 2.69. The van der Waals surface area contributed by atoms with Crippen LogP contribution < -0.4 is 0 Å². The molecule has 0 bridgehead atoms. The van der Waals surface area contributed by atoms with E-state index in [0.717, 1.165) is 16.7 Å². The van der Waals surface area contributed by atoms with Gasteiger partial charge in [-0.2, -0.15) is 0 Å². The van der Waals surface area contributed by atoms with E-state index < -0.39 is 5.97 Å². The minimum Gasteiger partial charge on any atom is -0.478 e. The van der Waals surface area contributed by atoms with E-state index in [1.54, 1.807) is 30.3 Å². The fraction of sp³-hybridized carbons (Fsp3) is 0.130. The zero-order chi connectivity index (χ0) is 20.1. The number of aromatic carboxylic acids is 1. The molecule has 3 rings (SSSR count). The van der Waals surface area contributed by atoms with Gasteiger partial charge >= 0.3 is 5.97 Å². The molecule has 142 valence electrons. The second kappa shape index (κ2) is 9.05. The van der Waals surface area contributed by atoms with Crippen LogP contribution in [0, 0.1) is 0 Å². The van der Waals surface area contributed by atoms with Crippen LogP contribution in [0.3, 0.4) is 0 Å². The summed E-state index contributed by atoms with van der Waals surface area (Å²) < 4.78 is 0. The Kier molecular flexibility index (Phi) is 6.50. The highest BCUT2D eigenvalue weighted by molar-refractivity contribution is 6.42. The van der Waals surface area contributed by atoms with E-state index in [1.165, 1.54) is 0 Å². The molecule has 5 heteroatoms. The zero-order valence-corrected chi connectivity index (χ0v) is 16.5. The quantitative estimate of drug-likeness (QED) is 0.509. The number of aryl methyl sites for hydroxylation is 1. The largest absolute Gasteiger partial charge is 0.478 e. The summed E-state index contributed by atoms with van der Waals surface area (Å²) in [5.74, 6) is -1.06. The topological polar surface area (TPSA) is 54.4 Å². The number of Topliss-reactive ketones (excluding diaryl/α,β-unsaturated/α-hetero) is 1. The highest BCUT2D eigenvalue weighted by Gasteiger charge is 2.15. The number of carbonyl (C=O) groups excluding carboxylic acids is 1. The van der Waals surface area contributed by atoms with Gasteiger partial charge in [-0.25, -0.2) is 4.79 Å². The third kappa shape index (κ3) is 5.00. The Morgan fingerprint density at radius 3 is 2.25 bits per heavy atom. The van der Waals surface area contributed by atoms with E-state index in [1.807, 2.05) is 36.4 Å². The lowest BCUT2D eigenvalue weighted by Crippen LogP contribution is -2.10. The monoisotopic (exact) mass is 412 g/mol. The minimum atomic E-state index is -1.04. The highest BCUT2D eigenvalue weighted by atomic mass is 35.5. The SMILES string of the molecule is O=C(CCc1ccc(Cl)c(Cl)c1)Cc1cc(-c2ccccc2)ccc1C(=O)O. The maximum absolute atomic E-state index is 12.5. The second-order valence-electron chi connectivity index (χ2n) is 6.51. The van der Waals surface area contributed by atoms with Gasteiger partial charge in [0.05, 0.1) is 15.6 Å². The third-order valence-electron chi connectivity index (χ3n) is 4.51. The van der Waals surface area contributed by atoms with Crippen LogP contribution in [0.25, 0.3) is 11.1 Å². The molecular formula is C23H18Cl2O3. The van der Waals surface area contributed by atoms with Crippen molar-refractivity contribution >= 4 is 35.0 Å². The van der Waals surface area contributed by atoms with Crippen LogP contribution in [0.15, 0.2) is 66.7 Å². The summed E-state index contributed by atoms with van der Waals surface area (Å²) in [6.07, 6.45) is 0.896. The molecule has 0 amide bonds. The molecule has 0 aliphatic rings. The Morgan fingerprint density at radius 2 is 1.57 bits per heavy atom. The highest BCUT2D eigenvalue weighted by Crippen LogP contribution is 2.25. The lowest BCUT2D eigenvalue weighted by molar-refractivity contribution is -0.118. The molecule has 0 unspecified atom stereocenters. The van der Waals surface area contributed by atoms with Crippen LogP contribution in [0.4, 0.5) is 0 Å². The van der Waals surface area contributed by atoms with Gasteiger partial charge in [0.15, 0.2) is 0 Å². The first-order chi connectivity index (χ1) is 13.4. The molecule has 3 nitrogen and oxygen atoms in total. The number of halogens is 2. The lowest BCUT2D eigenvalue weighted by Gasteiger charge is -2.10. The third-order valence-corrected chi connectivity index (χ3v) is 5.25. The van der Waals surface area contributed by atoms with Crippen LogP contribution in [0.1, 0.15) is 27.9 Å². The van der Waals surface area contributed by atoms with Crippen LogP contribution >= 0.6 is 23.2 Å². The van der Waals surface area contributed by atoms with Gasteiger partial charge in [-0.15, -0.1) is 0 Å². The number of carboxylic acids is 1. The molecular weight excluding hydrogens is 395 g/mol. The van der Waals surface area contributed by atoms with E-state index in [-0.39, 0.29) is 17.8 Å². The fourth-order valence-corrected chi connectivity index (χ4v) is 3.36. The molecule has 28 heavy (non-hydrogen) atoms. The van der Waals surface area contributed by atoms with E-state index in [4.69, 9.17) is 23.2 Å². The van der Waals surface area contributed by atoms with Crippen molar-refractivity contribution in [1.82, 2.24) is 0 Å². The van der Waals surface area contributed by atoms with E-state index in [2.05, 4.69) is 0 Å². The van der Waals surface area contributed by atoms with Crippen molar-refractivity contribution in [2.24, 2.45) is 0 Å². The van der Waals surface area contributed by atoms with Gasteiger partial charge in [0.25, 0.3) is 0 Å². The van der Waals surface area contributed by atoms with Crippen LogP contribution in [-0.4, -0.2) is 16.9 Å². The van der Waals surface area contributed by atoms with Gasteiger partial charge in [0.1, 0.15) is 5.78 Å². The average molecular weight is 413 g/mol. The Labute approximate surface area is 173 Å². The minimum absolute atomic E-state index is 0.0289. The molecule has 0 heterocycles. The van der Waals surface area contributed by atoms with Gasteiger partial charge in [0, 0.05) is 12.8 Å². The van der Waals surface area contributed by atoms with Crippen molar-refractivity contribution in [3.8, 4) is 11.1 Å². The Balaban J connectivity index is 1.76. The molecule has 1 N–H and O–H groups in total. The predicted octanol–water partition coefficient (Wildman–Crippen LogP) is 6.10. The van der Waals surface area contributed by atoms with E-state index >= 15 is 0 Å². The molecule has 3 aromatic carbocycles. The first-order valence-corrected chi connectivity index (χ1v) is 9.57. The van der Waals surface area contributed by atoms with Crippen LogP contribution in [0.5, 0.6) is 0 Å². The smallest absolute Gasteiger partial charge is 0.335 e. The summed E-state index contributed by atoms with van der Waals surface area (Å²) in [6, 6.07) is 20.1. The summed E-state index contributed by atoms with van der Waals surface area (Å²) in [7, 11) is 0. The molecule has 0 aromatic heterocycles. The van der Waals surface area contributed by atoms with Crippen molar-refractivity contribution in [3.05, 3.63) is 93.5 Å². The van der Waals surface area contributed by atoms with Crippen molar-refractivity contribution in [2.75, 3.05) is 0 Å². The van der Waals surface area contributed by atoms with Crippen LogP contribution in [0.2, 0.25) is 10.0 Å². The first-order valence-electron chi connectivity index (χ1n) is 8.81.